The average molecular weight is 278 g/mol. The molecule has 0 spiro atoms. The summed E-state index contributed by atoms with van der Waals surface area (Å²) >= 11 is 1.13. The van der Waals surface area contributed by atoms with Crippen LogP contribution in [0.2, 0.25) is 0 Å². The van der Waals surface area contributed by atoms with Gasteiger partial charge in [0.05, 0.1) is 0 Å². The predicted molar refractivity (Wildman–Crippen MR) is 69.6 cm³/mol. The van der Waals surface area contributed by atoms with E-state index in [1.54, 1.807) is 12.5 Å². The van der Waals surface area contributed by atoms with Gasteiger partial charge in [0.2, 0.25) is 10.0 Å². The molecule has 17 heavy (non-hydrogen) atoms. The van der Waals surface area contributed by atoms with Gasteiger partial charge in [0, 0.05) is 31.3 Å². The highest BCUT2D eigenvalue weighted by molar-refractivity contribution is 7.91. The zero-order chi connectivity index (χ0) is 12.7. The van der Waals surface area contributed by atoms with Gasteiger partial charge in [0.25, 0.3) is 0 Å². The van der Waals surface area contributed by atoms with E-state index < -0.39 is 10.0 Å². The third-order valence-electron chi connectivity index (χ3n) is 2.18. The van der Waals surface area contributed by atoms with Crippen LogP contribution in [0.15, 0.2) is 15.7 Å². The molecule has 3 N–H and O–H groups in total. The lowest BCUT2D eigenvalue weighted by Gasteiger charge is -2.04. The fourth-order valence-electron chi connectivity index (χ4n) is 1.30. The van der Waals surface area contributed by atoms with Gasteiger partial charge in [-0.05, 0) is 25.3 Å². The lowest BCUT2D eigenvalue weighted by Crippen LogP contribution is -2.24. The molecule has 0 fully saturated rings. The number of unbranched alkanes of at least 4 members (excludes halogenated alkanes) is 2. The largest absolute Gasteiger partial charge is 0.398 e. The molecule has 0 unspecified atom stereocenters. The van der Waals surface area contributed by atoms with Crippen LogP contribution in [0, 0.1) is 0 Å². The first kappa shape index (κ1) is 14.4. The van der Waals surface area contributed by atoms with E-state index in [1.165, 1.54) is 6.07 Å². The van der Waals surface area contributed by atoms with Gasteiger partial charge in [0.15, 0.2) is 0 Å². The molecule has 5 nitrogen and oxygen atoms in total. The van der Waals surface area contributed by atoms with Crippen LogP contribution in [0.25, 0.3) is 0 Å². The standard InChI is InChI=1S/C10H18N2O3S2/c1-15-6-4-2-3-5-12-17(13,14)10-7-9(11)8-16-10/h7-8,12H,2-6,11H2,1H3. The van der Waals surface area contributed by atoms with E-state index in [9.17, 15) is 8.42 Å². The minimum Gasteiger partial charge on any atom is -0.398 e. The first-order valence-electron chi connectivity index (χ1n) is 5.39. The fraction of sp³-hybridized carbons (Fsp3) is 0.600. The maximum absolute atomic E-state index is 11.8. The molecule has 0 amide bonds. The van der Waals surface area contributed by atoms with Crippen LogP contribution in [-0.2, 0) is 14.8 Å². The molecule has 1 rings (SSSR count). The van der Waals surface area contributed by atoms with Crippen molar-refractivity contribution >= 4 is 27.0 Å². The Hall–Kier alpha value is -0.630. The average Bonchev–Trinajstić information content (AvgIpc) is 2.71. The smallest absolute Gasteiger partial charge is 0.250 e. The number of hydrogen-bond acceptors (Lipinski definition) is 5. The fourth-order valence-corrected chi connectivity index (χ4v) is 3.50. The highest BCUT2D eigenvalue weighted by atomic mass is 32.2. The second-order valence-electron chi connectivity index (χ2n) is 3.65. The maximum atomic E-state index is 11.8. The lowest BCUT2D eigenvalue weighted by molar-refractivity contribution is 0.192. The van der Waals surface area contributed by atoms with Gasteiger partial charge in [-0.1, -0.05) is 0 Å². The summed E-state index contributed by atoms with van der Waals surface area (Å²) in [6, 6.07) is 1.47. The number of ether oxygens (including phenoxy) is 1. The van der Waals surface area contributed by atoms with Crippen LogP contribution in [0.5, 0.6) is 0 Å². The Balaban J connectivity index is 2.31. The third kappa shape index (κ3) is 5.03. The molecule has 0 saturated carbocycles. The maximum Gasteiger partial charge on any atom is 0.250 e. The number of anilines is 1. The van der Waals surface area contributed by atoms with E-state index in [0.717, 1.165) is 30.6 Å². The summed E-state index contributed by atoms with van der Waals surface area (Å²) in [5.74, 6) is 0. The van der Waals surface area contributed by atoms with Crippen LogP contribution in [-0.4, -0.2) is 28.7 Å². The molecule has 0 bridgehead atoms. The Bertz CT molecular complexity index is 429. The summed E-state index contributed by atoms with van der Waals surface area (Å²) in [5, 5.41) is 1.62. The van der Waals surface area contributed by atoms with Crippen molar-refractivity contribution in [3.63, 3.8) is 0 Å². The minimum absolute atomic E-state index is 0.270. The number of sulfonamides is 1. The Morgan fingerprint density at radius 1 is 1.41 bits per heavy atom. The van der Waals surface area contributed by atoms with Gasteiger partial charge >= 0.3 is 0 Å². The second kappa shape index (κ2) is 6.95. The lowest BCUT2D eigenvalue weighted by atomic mass is 10.2. The summed E-state index contributed by atoms with van der Waals surface area (Å²) in [5.41, 5.74) is 5.97. The highest BCUT2D eigenvalue weighted by Gasteiger charge is 2.15. The van der Waals surface area contributed by atoms with E-state index >= 15 is 0 Å². The van der Waals surface area contributed by atoms with Crippen LogP contribution in [0.3, 0.4) is 0 Å². The summed E-state index contributed by atoms with van der Waals surface area (Å²) in [6.07, 6.45) is 2.70. The van der Waals surface area contributed by atoms with Crippen LogP contribution < -0.4 is 10.5 Å². The molecule has 0 atom stereocenters. The van der Waals surface area contributed by atoms with Gasteiger partial charge in [-0.15, -0.1) is 11.3 Å². The molecular weight excluding hydrogens is 260 g/mol. The van der Waals surface area contributed by atoms with Crippen molar-refractivity contribution in [3.8, 4) is 0 Å². The Kier molecular flexibility index (Phi) is 5.90. The van der Waals surface area contributed by atoms with Gasteiger partial charge < -0.3 is 10.5 Å². The van der Waals surface area contributed by atoms with Crippen molar-refractivity contribution in [2.75, 3.05) is 26.0 Å². The van der Waals surface area contributed by atoms with Crippen molar-refractivity contribution in [2.24, 2.45) is 0 Å². The number of nitrogen functional groups attached to an aromatic ring is 1. The van der Waals surface area contributed by atoms with Crippen molar-refractivity contribution < 1.29 is 13.2 Å². The molecule has 98 valence electrons. The van der Waals surface area contributed by atoms with E-state index in [2.05, 4.69) is 4.72 Å². The van der Waals surface area contributed by atoms with Crippen molar-refractivity contribution in [2.45, 2.75) is 23.5 Å². The van der Waals surface area contributed by atoms with E-state index in [-0.39, 0.29) is 4.21 Å². The van der Waals surface area contributed by atoms with E-state index in [0.29, 0.717) is 18.8 Å². The quantitative estimate of drug-likeness (QED) is 0.705. The number of hydrogen-bond donors (Lipinski definition) is 2. The Labute approximate surface area is 106 Å². The number of nitrogens with one attached hydrogen (secondary N) is 1. The molecule has 0 aliphatic carbocycles. The minimum atomic E-state index is -3.37. The van der Waals surface area contributed by atoms with Crippen molar-refractivity contribution in [1.29, 1.82) is 0 Å². The third-order valence-corrected chi connectivity index (χ3v) is 5.10. The number of rotatable bonds is 8. The monoisotopic (exact) mass is 278 g/mol. The van der Waals surface area contributed by atoms with E-state index in [1.807, 2.05) is 0 Å². The topological polar surface area (TPSA) is 81.4 Å². The van der Waals surface area contributed by atoms with Gasteiger partial charge in [-0.2, -0.15) is 0 Å². The van der Waals surface area contributed by atoms with Gasteiger partial charge in [-0.3, -0.25) is 0 Å². The normalized spacial score (nSPS) is 11.8. The second-order valence-corrected chi connectivity index (χ2v) is 6.56. The summed E-state index contributed by atoms with van der Waals surface area (Å²) < 4.78 is 31.2. The SMILES string of the molecule is COCCCCCNS(=O)(=O)c1cc(N)cs1. The van der Waals surface area contributed by atoms with Gasteiger partial charge in [-0.25, -0.2) is 13.1 Å². The summed E-state index contributed by atoms with van der Waals surface area (Å²) in [7, 11) is -1.72. The molecule has 0 radical (unpaired) electrons. The summed E-state index contributed by atoms with van der Waals surface area (Å²) in [6.45, 7) is 1.16. The molecular formula is C10H18N2O3S2. The Morgan fingerprint density at radius 2 is 2.18 bits per heavy atom. The highest BCUT2D eigenvalue weighted by Crippen LogP contribution is 2.21. The number of nitrogens with two attached hydrogens (primary N) is 1. The first-order chi connectivity index (χ1) is 8.06. The van der Waals surface area contributed by atoms with Gasteiger partial charge in [0.1, 0.15) is 4.21 Å². The molecule has 0 aliphatic rings. The van der Waals surface area contributed by atoms with Crippen molar-refractivity contribution in [3.05, 3.63) is 11.4 Å². The Morgan fingerprint density at radius 3 is 2.76 bits per heavy atom. The molecule has 7 heteroatoms. The van der Waals surface area contributed by atoms with Crippen LogP contribution in [0.4, 0.5) is 5.69 Å². The molecule has 1 aromatic heterocycles. The van der Waals surface area contributed by atoms with Crippen LogP contribution >= 0.6 is 11.3 Å². The zero-order valence-electron chi connectivity index (χ0n) is 9.81. The molecule has 0 aliphatic heterocycles. The molecule has 0 aromatic carbocycles. The van der Waals surface area contributed by atoms with Crippen LogP contribution in [0.1, 0.15) is 19.3 Å². The van der Waals surface area contributed by atoms with Crippen molar-refractivity contribution in [1.82, 2.24) is 4.72 Å². The zero-order valence-corrected chi connectivity index (χ0v) is 11.4. The molecule has 1 heterocycles. The number of methoxy groups -OCH3 is 1. The first-order valence-corrected chi connectivity index (χ1v) is 7.75. The molecule has 1 aromatic rings. The summed E-state index contributed by atoms with van der Waals surface area (Å²) in [4.78, 5) is 0. The molecule has 0 saturated heterocycles. The van der Waals surface area contributed by atoms with E-state index in [4.69, 9.17) is 10.5 Å². The predicted octanol–water partition coefficient (Wildman–Crippen LogP) is 1.43. The number of thiophene rings is 1.